The lowest BCUT2D eigenvalue weighted by Gasteiger charge is -2.17. The summed E-state index contributed by atoms with van der Waals surface area (Å²) in [7, 11) is 0. The maximum atomic E-state index is 13.9. The monoisotopic (exact) mass is 361 g/mol. The van der Waals surface area contributed by atoms with Gasteiger partial charge in [0.15, 0.2) is 5.78 Å². The number of H-pyrrole nitrogens is 1. The molecule has 1 atom stereocenters. The molecule has 1 heterocycles. The Morgan fingerprint density at radius 2 is 1.36 bits per heavy atom. The summed E-state index contributed by atoms with van der Waals surface area (Å²) >= 11 is 0. The van der Waals surface area contributed by atoms with E-state index in [0.717, 1.165) is 38.4 Å². The Balaban J connectivity index is 1.74. The first-order valence-electron chi connectivity index (χ1n) is 9.46. The van der Waals surface area contributed by atoms with Crippen molar-refractivity contribution in [3.05, 3.63) is 120 Å². The Morgan fingerprint density at radius 3 is 2.21 bits per heavy atom. The molecule has 1 aromatic heterocycles. The molecule has 2 heteroatoms. The number of fused-ring (bicyclic) bond motifs is 2. The van der Waals surface area contributed by atoms with E-state index < -0.39 is 0 Å². The van der Waals surface area contributed by atoms with Crippen LogP contribution in [0.1, 0.15) is 27.4 Å². The van der Waals surface area contributed by atoms with E-state index in [-0.39, 0.29) is 11.7 Å². The molecule has 2 nitrogen and oxygen atoms in total. The predicted molar refractivity (Wildman–Crippen MR) is 115 cm³/mol. The maximum Gasteiger partial charge on any atom is 0.175 e. The number of ketones is 1. The second-order valence-corrected chi connectivity index (χ2v) is 7.02. The van der Waals surface area contributed by atoms with E-state index in [2.05, 4.69) is 23.2 Å². The van der Waals surface area contributed by atoms with Crippen molar-refractivity contribution in [2.24, 2.45) is 0 Å². The van der Waals surface area contributed by atoms with Gasteiger partial charge in [0, 0.05) is 22.7 Å². The summed E-state index contributed by atoms with van der Waals surface area (Å²) in [6, 6.07) is 32.2. The van der Waals surface area contributed by atoms with Crippen LogP contribution >= 0.6 is 0 Å². The number of rotatable bonds is 4. The fourth-order valence-corrected chi connectivity index (χ4v) is 4.05. The van der Waals surface area contributed by atoms with Crippen molar-refractivity contribution in [3.63, 3.8) is 0 Å². The number of aromatic nitrogens is 1. The van der Waals surface area contributed by atoms with Crippen LogP contribution in [0, 0.1) is 0 Å². The van der Waals surface area contributed by atoms with Gasteiger partial charge in [0.25, 0.3) is 0 Å². The van der Waals surface area contributed by atoms with Crippen LogP contribution in [-0.4, -0.2) is 10.8 Å². The van der Waals surface area contributed by atoms with E-state index in [9.17, 15) is 4.79 Å². The Morgan fingerprint density at radius 1 is 0.679 bits per heavy atom. The van der Waals surface area contributed by atoms with Gasteiger partial charge in [-0.3, -0.25) is 4.79 Å². The van der Waals surface area contributed by atoms with Crippen LogP contribution < -0.4 is 0 Å². The number of carbonyl (C=O) groups excluding carboxylic acids is 1. The lowest BCUT2D eigenvalue weighted by atomic mass is 9.83. The highest BCUT2D eigenvalue weighted by atomic mass is 16.1. The van der Waals surface area contributed by atoms with Crippen LogP contribution in [0.2, 0.25) is 0 Å². The Hall–Kier alpha value is -3.65. The van der Waals surface area contributed by atoms with E-state index in [0.29, 0.717) is 0 Å². The zero-order chi connectivity index (χ0) is 18.9. The van der Waals surface area contributed by atoms with Gasteiger partial charge in [-0.15, -0.1) is 0 Å². The SMILES string of the molecule is O=C(c1cccc2ccccc12)C(c1ccccc1)c1c[nH]c2ccccc12. The fourth-order valence-electron chi connectivity index (χ4n) is 4.05. The average Bonchev–Trinajstić information content (AvgIpc) is 3.18. The molecular formula is C26H19NO. The number of hydrogen-bond acceptors (Lipinski definition) is 1. The summed E-state index contributed by atoms with van der Waals surface area (Å²) in [5.41, 5.74) is 3.83. The smallest absolute Gasteiger partial charge is 0.175 e. The molecule has 0 bridgehead atoms. The van der Waals surface area contributed by atoms with Crippen molar-refractivity contribution in [3.8, 4) is 0 Å². The molecule has 0 aliphatic carbocycles. The van der Waals surface area contributed by atoms with Gasteiger partial charge in [-0.2, -0.15) is 0 Å². The molecule has 5 rings (SSSR count). The second kappa shape index (κ2) is 6.82. The molecule has 0 aliphatic rings. The number of benzene rings is 4. The minimum Gasteiger partial charge on any atom is -0.361 e. The van der Waals surface area contributed by atoms with Gasteiger partial charge < -0.3 is 4.98 Å². The Kier molecular flexibility index (Phi) is 4.02. The summed E-state index contributed by atoms with van der Waals surface area (Å²) < 4.78 is 0. The Labute approximate surface area is 163 Å². The van der Waals surface area contributed by atoms with Gasteiger partial charge in [0.2, 0.25) is 0 Å². The molecule has 1 unspecified atom stereocenters. The van der Waals surface area contributed by atoms with Gasteiger partial charge in [-0.25, -0.2) is 0 Å². The van der Waals surface area contributed by atoms with Gasteiger partial charge in [0.05, 0.1) is 5.92 Å². The lowest BCUT2D eigenvalue weighted by Crippen LogP contribution is -2.14. The van der Waals surface area contributed by atoms with Crippen LogP contribution in [0.25, 0.3) is 21.7 Å². The minimum atomic E-state index is -0.358. The van der Waals surface area contributed by atoms with Crippen molar-refractivity contribution < 1.29 is 4.79 Å². The first-order valence-corrected chi connectivity index (χ1v) is 9.46. The average molecular weight is 361 g/mol. The van der Waals surface area contributed by atoms with Crippen molar-refractivity contribution >= 4 is 27.5 Å². The van der Waals surface area contributed by atoms with Crippen LogP contribution in [0.3, 0.4) is 0 Å². The summed E-state index contributed by atoms with van der Waals surface area (Å²) in [5, 5.41) is 3.17. The zero-order valence-electron chi connectivity index (χ0n) is 15.3. The number of para-hydroxylation sites is 1. The van der Waals surface area contributed by atoms with E-state index in [1.807, 2.05) is 85.1 Å². The Bertz CT molecular complexity index is 1280. The van der Waals surface area contributed by atoms with Gasteiger partial charge >= 0.3 is 0 Å². The molecule has 0 amide bonds. The summed E-state index contributed by atoms with van der Waals surface area (Å²) in [4.78, 5) is 17.2. The van der Waals surface area contributed by atoms with Crippen LogP contribution in [0.5, 0.6) is 0 Å². The van der Waals surface area contributed by atoms with E-state index in [4.69, 9.17) is 0 Å². The highest BCUT2D eigenvalue weighted by Crippen LogP contribution is 2.35. The van der Waals surface area contributed by atoms with Crippen LogP contribution in [-0.2, 0) is 0 Å². The molecular weight excluding hydrogens is 342 g/mol. The van der Waals surface area contributed by atoms with Crippen molar-refractivity contribution in [2.75, 3.05) is 0 Å². The molecule has 0 spiro atoms. The summed E-state index contributed by atoms with van der Waals surface area (Å²) in [6.07, 6.45) is 1.98. The summed E-state index contributed by atoms with van der Waals surface area (Å²) in [6.45, 7) is 0. The topological polar surface area (TPSA) is 32.9 Å². The molecule has 0 aliphatic heterocycles. The third kappa shape index (κ3) is 2.71. The van der Waals surface area contributed by atoms with E-state index in [1.165, 1.54) is 0 Å². The van der Waals surface area contributed by atoms with E-state index >= 15 is 0 Å². The van der Waals surface area contributed by atoms with Crippen LogP contribution in [0.15, 0.2) is 103 Å². The van der Waals surface area contributed by atoms with Gasteiger partial charge in [0.1, 0.15) is 0 Å². The van der Waals surface area contributed by atoms with Crippen molar-refractivity contribution in [1.29, 1.82) is 0 Å². The molecule has 5 aromatic rings. The molecule has 0 radical (unpaired) electrons. The number of hydrogen-bond donors (Lipinski definition) is 1. The van der Waals surface area contributed by atoms with Gasteiger partial charge in [-0.1, -0.05) is 91.0 Å². The third-order valence-corrected chi connectivity index (χ3v) is 5.38. The molecule has 0 fully saturated rings. The highest BCUT2D eigenvalue weighted by molar-refractivity contribution is 6.13. The predicted octanol–water partition coefficient (Wildman–Crippen LogP) is 6.34. The fraction of sp³-hybridized carbons (Fsp3) is 0.0385. The molecule has 0 saturated carbocycles. The number of Topliss-reactive ketones (excluding diaryl/α,β-unsaturated/α-hetero) is 1. The van der Waals surface area contributed by atoms with E-state index in [1.54, 1.807) is 0 Å². The highest BCUT2D eigenvalue weighted by Gasteiger charge is 2.27. The van der Waals surface area contributed by atoms with Crippen molar-refractivity contribution in [2.45, 2.75) is 5.92 Å². The molecule has 134 valence electrons. The quantitative estimate of drug-likeness (QED) is 0.372. The van der Waals surface area contributed by atoms with Gasteiger partial charge in [-0.05, 0) is 28.0 Å². The standard InChI is InChI=1S/C26H19NO/c28-26(22-15-8-12-18-9-4-5-13-20(18)22)25(19-10-2-1-3-11-19)23-17-27-24-16-7-6-14-21(23)24/h1-17,25,27H. The first-order chi connectivity index (χ1) is 13.8. The molecule has 4 aromatic carbocycles. The molecule has 1 N–H and O–H groups in total. The minimum absolute atomic E-state index is 0.118. The maximum absolute atomic E-state index is 13.9. The normalized spacial score (nSPS) is 12.3. The summed E-state index contributed by atoms with van der Waals surface area (Å²) in [5.74, 6) is -0.240. The second-order valence-electron chi connectivity index (χ2n) is 7.02. The number of nitrogens with one attached hydrogen (secondary N) is 1. The largest absolute Gasteiger partial charge is 0.361 e. The van der Waals surface area contributed by atoms with Crippen molar-refractivity contribution in [1.82, 2.24) is 4.98 Å². The number of carbonyl (C=O) groups is 1. The number of aromatic amines is 1. The first kappa shape index (κ1) is 16.5. The third-order valence-electron chi connectivity index (χ3n) is 5.38. The zero-order valence-corrected chi connectivity index (χ0v) is 15.3. The van der Waals surface area contributed by atoms with Crippen LogP contribution in [0.4, 0.5) is 0 Å². The molecule has 0 saturated heterocycles. The molecule has 28 heavy (non-hydrogen) atoms. The lowest BCUT2D eigenvalue weighted by molar-refractivity contribution is 0.0976.